The highest BCUT2D eigenvalue weighted by molar-refractivity contribution is 7.90. The van der Waals surface area contributed by atoms with Crippen LogP contribution in [0.5, 0.6) is 17.2 Å². The topological polar surface area (TPSA) is 90.9 Å². The van der Waals surface area contributed by atoms with Crippen molar-refractivity contribution < 1.29 is 27.4 Å². The van der Waals surface area contributed by atoms with Crippen LogP contribution < -0.4 is 19.5 Å². The first-order chi connectivity index (χ1) is 13.8. The Hall–Kier alpha value is -2.45. The van der Waals surface area contributed by atoms with Crippen LogP contribution in [0.4, 0.5) is 5.69 Å². The second-order valence-corrected chi connectivity index (χ2v) is 9.00. The van der Waals surface area contributed by atoms with Gasteiger partial charge >= 0.3 is 0 Å². The Morgan fingerprint density at radius 2 is 1.79 bits per heavy atom. The van der Waals surface area contributed by atoms with Crippen molar-refractivity contribution in [2.75, 3.05) is 31.4 Å². The largest absolute Gasteiger partial charge is 0.494 e. The van der Waals surface area contributed by atoms with E-state index in [9.17, 15) is 13.2 Å². The van der Waals surface area contributed by atoms with Gasteiger partial charge in [-0.05, 0) is 30.7 Å². The Labute approximate surface area is 174 Å². The molecule has 9 heteroatoms. The monoisotopic (exact) mass is 439 g/mol. The van der Waals surface area contributed by atoms with Crippen LogP contribution in [0, 0.1) is 0 Å². The van der Waals surface area contributed by atoms with E-state index in [4.69, 9.17) is 25.8 Å². The fraction of sp³-hybridized carbons (Fsp3) is 0.350. The number of anilines is 1. The lowest BCUT2D eigenvalue weighted by Gasteiger charge is -2.12. The molecule has 1 aliphatic rings. The first-order valence-corrected chi connectivity index (χ1v) is 11.4. The summed E-state index contributed by atoms with van der Waals surface area (Å²) < 4.78 is 39.6. The van der Waals surface area contributed by atoms with Gasteiger partial charge in [-0.25, -0.2) is 8.42 Å². The Balaban J connectivity index is 1.47. The predicted molar refractivity (Wildman–Crippen MR) is 110 cm³/mol. The molecule has 0 unspecified atom stereocenters. The molecule has 0 bridgehead atoms. The van der Waals surface area contributed by atoms with Gasteiger partial charge in [0, 0.05) is 31.2 Å². The van der Waals surface area contributed by atoms with E-state index in [1.54, 1.807) is 24.3 Å². The number of hydrogen-bond acceptors (Lipinski definition) is 6. The summed E-state index contributed by atoms with van der Waals surface area (Å²) in [6.07, 6.45) is 2.66. The molecule has 0 atom stereocenters. The minimum atomic E-state index is -3.23. The number of rotatable bonds is 7. The number of carbonyl (C=O) groups is 1. The van der Waals surface area contributed by atoms with Gasteiger partial charge in [0.25, 0.3) is 0 Å². The highest BCUT2D eigenvalue weighted by Crippen LogP contribution is 2.37. The van der Waals surface area contributed by atoms with Gasteiger partial charge < -0.3 is 19.5 Å². The van der Waals surface area contributed by atoms with Crippen molar-refractivity contribution in [3.05, 3.63) is 41.4 Å². The van der Waals surface area contributed by atoms with Gasteiger partial charge in [-0.1, -0.05) is 11.6 Å². The van der Waals surface area contributed by atoms with Crippen LogP contribution in [0.25, 0.3) is 0 Å². The maximum atomic E-state index is 12.2. The van der Waals surface area contributed by atoms with Crippen LogP contribution in [0.2, 0.25) is 5.02 Å². The molecule has 0 spiro atoms. The van der Waals surface area contributed by atoms with Crippen LogP contribution in [-0.4, -0.2) is 40.4 Å². The molecule has 1 amide bonds. The lowest BCUT2D eigenvalue weighted by molar-refractivity contribution is -0.116. The maximum absolute atomic E-state index is 12.2. The first kappa shape index (κ1) is 21.3. The minimum Gasteiger partial charge on any atom is -0.494 e. The molecule has 1 heterocycles. The Morgan fingerprint density at radius 1 is 1.14 bits per heavy atom. The van der Waals surface area contributed by atoms with Gasteiger partial charge in [-0.2, -0.15) is 0 Å². The molecule has 0 fully saturated rings. The van der Waals surface area contributed by atoms with Crippen LogP contribution >= 0.6 is 11.6 Å². The van der Waals surface area contributed by atoms with Crippen LogP contribution in [0.15, 0.2) is 41.3 Å². The highest BCUT2D eigenvalue weighted by atomic mass is 35.5. The first-order valence-electron chi connectivity index (χ1n) is 9.15. The van der Waals surface area contributed by atoms with E-state index in [0.29, 0.717) is 54.2 Å². The number of amides is 1. The lowest BCUT2D eigenvalue weighted by atomic mass is 10.2. The average Bonchev–Trinajstić information content (AvgIpc) is 2.90. The maximum Gasteiger partial charge on any atom is 0.224 e. The second-order valence-electron chi connectivity index (χ2n) is 6.57. The molecular weight excluding hydrogens is 418 g/mol. The summed E-state index contributed by atoms with van der Waals surface area (Å²) in [4.78, 5) is 12.4. The highest BCUT2D eigenvalue weighted by Gasteiger charge is 2.15. The summed E-state index contributed by atoms with van der Waals surface area (Å²) in [5.41, 5.74) is 0.471. The number of hydrogen-bond donors (Lipinski definition) is 1. The third-order valence-electron chi connectivity index (χ3n) is 4.18. The molecule has 1 aliphatic heterocycles. The molecule has 29 heavy (non-hydrogen) atoms. The van der Waals surface area contributed by atoms with Crippen molar-refractivity contribution in [1.29, 1.82) is 0 Å². The molecule has 2 aromatic carbocycles. The summed E-state index contributed by atoms with van der Waals surface area (Å²) >= 11 is 6.23. The number of fused-ring (bicyclic) bond motifs is 1. The zero-order chi connectivity index (χ0) is 20.9. The Bertz CT molecular complexity index is 975. The molecule has 0 radical (unpaired) electrons. The van der Waals surface area contributed by atoms with Gasteiger partial charge in [-0.15, -0.1) is 0 Å². The number of sulfone groups is 1. The number of nitrogens with one attached hydrogen (secondary N) is 1. The molecule has 0 aliphatic carbocycles. The molecule has 3 rings (SSSR count). The van der Waals surface area contributed by atoms with Gasteiger partial charge in [0.15, 0.2) is 21.3 Å². The fourth-order valence-corrected chi connectivity index (χ4v) is 3.53. The fourth-order valence-electron chi connectivity index (χ4n) is 2.70. The van der Waals surface area contributed by atoms with Gasteiger partial charge in [0.05, 0.1) is 35.4 Å². The summed E-state index contributed by atoms with van der Waals surface area (Å²) in [7, 11) is -3.23. The van der Waals surface area contributed by atoms with Crippen LogP contribution in [0.1, 0.15) is 19.3 Å². The Morgan fingerprint density at radius 3 is 2.45 bits per heavy atom. The third kappa shape index (κ3) is 6.01. The number of halogens is 1. The smallest absolute Gasteiger partial charge is 0.224 e. The normalized spacial score (nSPS) is 13.4. The summed E-state index contributed by atoms with van der Waals surface area (Å²) in [6.45, 7) is 1.43. The molecule has 0 saturated carbocycles. The van der Waals surface area contributed by atoms with E-state index < -0.39 is 9.84 Å². The van der Waals surface area contributed by atoms with E-state index in [1.165, 1.54) is 12.1 Å². The van der Waals surface area contributed by atoms with Crippen molar-refractivity contribution in [1.82, 2.24) is 0 Å². The van der Waals surface area contributed by atoms with Gasteiger partial charge in [0.2, 0.25) is 5.91 Å². The molecule has 0 aromatic heterocycles. The van der Waals surface area contributed by atoms with Crippen LogP contribution in [-0.2, 0) is 14.6 Å². The van der Waals surface area contributed by atoms with E-state index in [1.807, 2.05) is 0 Å². The van der Waals surface area contributed by atoms with Crippen molar-refractivity contribution >= 4 is 33.0 Å². The summed E-state index contributed by atoms with van der Waals surface area (Å²) in [5, 5.41) is 3.15. The molecular formula is C20H22ClNO6S. The van der Waals surface area contributed by atoms with E-state index in [-0.39, 0.29) is 17.2 Å². The van der Waals surface area contributed by atoms with E-state index >= 15 is 0 Å². The van der Waals surface area contributed by atoms with Crippen molar-refractivity contribution in [3.63, 3.8) is 0 Å². The molecule has 1 N–H and O–H groups in total. The summed E-state index contributed by atoms with van der Waals surface area (Å²) in [5.74, 6) is 1.48. The standard InChI is InChI=1S/C20H22ClNO6S/c1-29(24,25)15-7-5-14(6-8-15)26-9-2-4-20(23)22-17-13-19-18(12-16(17)21)27-10-3-11-28-19/h5-8,12-13H,2-4,9-11H2,1H3,(H,22,23). The molecule has 2 aromatic rings. The Kier molecular flexibility index (Phi) is 6.87. The zero-order valence-corrected chi connectivity index (χ0v) is 17.5. The zero-order valence-electron chi connectivity index (χ0n) is 15.9. The average molecular weight is 440 g/mol. The van der Waals surface area contributed by atoms with Crippen LogP contribution in [0.3, 0.4) is 0 Å². The molecule has 7 nitrogen and oxygen atoms in total. The van der Waals surface area contributed by atoms with Crippen molar-refractivity contribution in [2.24, 2.45) is 0 Å². The molecule has 0 saturated heterocycles. The molecule has 156 valence electrons. The van der Waals surface area contributed by atoms with Gasteiger partial charge in [-0.3, -0.25) is 4.79 Å². The SMILES string of the molecule is CS(=O)(=O)c1ccc(OCCCC(=O)Nc2cc3c(cc2Cl)OCCCO3)cc1. The van der Waals surface area contributed by atoms with Gasteiger partial charge in [0.1, 0.15) is 5.75 Å². The summed E-state index contributed by atoms with van der Waals surface area (Å²) in [6, 6.07) is 9.47. The van der Waals surface area contributed by atoms with E-state index in [2.05, 4.69) is 5.32 Å². The number of carbonyl (C=O) groups excluding carboxylic acids is 1. The van der Waals surface area contributed by atoms with E-state index in [0.717, 1.165) is 12.7 Å². The predicted octanol–water partition coefficient (Wildman–Crippen LogP) is 3.70. The van der Waals surface area contributed by atoms with Crippen molar-refractivity contribution in [3.8, 4) is 17.2 Å². The second kappa shape index (κ2) is 9.37. The van der Waals surface area contributed by atoms with Crippen molar-refractivity contribution in [2.45, 2.75) is 24.2 Å². The lowest BCUT2D eigenvalue weighted by Crippen LogP contribution is -2.13. The quantitative estimate of drug-likeness (QED) is 0.661. The minimum absolute atomic E-state index is 0.197. The number of benzene rings is 2. The third-order valence-corrected chi connectivity index (χ3v) is 5.62. The number of ether oxygens (including phenoxy) is 3.